The van der Waals surface area contributed by atoms with Crippen LogP contribution in [0.3, 0.4) is 0 Å². The number of amides is 1. The van der Waals surface area contributed by atoms with Crippen LogP contribution >= 0.6 is 0 Å². The molecule has 0 saturated carbocycles. The van der Waals surface area contributed by atoms with Crippen LogP contribution in [0.25, 0.3) is 0 Å². The summed E-state index contributed by atoms with van der Waals surface area (Å²) in [7, 11) is 0. The molecule has 1 amide bonds. The Kier molecular flexibility index (Phi) is 5.53. The van der Waals surface area contributed by atoms with Crippen molar-refractivity contribution in [1.29, 1.82) is 0 Å². The third-order valence-electron chi connectivity index (χ3n) is 1.67. The van der Waals surface area contributed by atoms with Gasteiger partial charge in [0.05, 0.1) is 6.61 Å². The Morgan fingerprint density at radius 1 is 1.21 bits per heavy atom. The number of rotatable bonds is 5. The van der Waals surface area contributed by atoms with Gasteiger partial charge >= 0.3 is 0 Å². The van der Waals surface area contributed by atoms with Gasteiger partial charge in [0.25, 0.3) is 5.91 Å². The van der Waals surface area contributed by atoms with E-state index in [0.717, 1.165) is 0 Å². The summed E-state index contributed by atoms with van der Waals surface area (Å²) in [6.45, 7) is -0.810. The Labute approximate surface area is 79.6 Å². The first kappa shape index (κ1) is 13.2. The van der Waals surface area contributed by atoms with Gasteiger partial charge in [-0.25, -0.2) is 5.84 Å². The second-order valence-electron chi connectivity index (χ2n) is 2.68. The summed E-state index contributed by atoms with van der Waals surface area (Å²) in [5.41, 5.74) is 1.55. The van der Waals surface area contributed by atoms with Crippen LogP contribution in [0.15, 0.2) is 0 Å². The van der Waals surface area contributed by atoms with Crippen molar-refractivity contribution >= 4 is 5.91 Å². The fourth-order valence-corrected chi connectivity index (χ4v) is 0.763. The second-order valence-corrected chi connectivity index (χ2v) is 2.68. The van der Waals surface area contributed by atoms with Crippen molar-refractivity contribution in [2.75, 3.05) is 6.61 Å². The number of aliphatic hydroxyl groups excluding tert-OH is 5. The van der Waals surface area contributed by atoms with E-state index in [2.05, 4.69) is 5.84 Å². The predicted octanol–water partition coefficient (Wildman–Crippen LogP) is -4.59. The summed E-state index contributed by atoms with van der Waals surface area (Å²) in [6, 6.07) is 0. The van der Waals surface area contributed by atoms with E-state index in [1.807, 2.05) is 0 Å². The number of hydrogen-bond acceptors (Lipinski definition) is 7. The van der Waals surface area contributed by atoms with E-state index in [4.69, 9.17) is 25.5 Å². The Morgan fingerprint density at radius 2 is 1.71 bits per heavy atom. The van der Waals surface area contributed by atoms with Crippen molar-refractivity contribution in [1.82, 2.24) is 5.43 Å². The zero-order valence-corrected chi connectivity index (χ0v) is 7.24. The molecule has 0 bridgehead atoms. The van der Waals surface area contributed by atoms with Crippen LogP contribution in [0, 0.1) is 0 Å². The monoisotopic (exact) mass is 210 g/mol. The predicted molar refractivity (Wildman–Crippen MR) is 43.4 cm³/mol. The lowest BCUT2D eigenvalue weighted by Gasteiger charge is -2.24. The number of aliphatic hydroxyl groups is 5. The minimum atomic E-state index is -1.98. The van der Waals surface area contributed by atoms with Gasteiger partial charge in [-0.2, -0.15) is 0 Å². The van der Waals surface area contributed by atoms with Crippen molar-refractivity contribution in [2.45, 2.75) is 24.4 Å². The van der Waals surface area contributed by atoms with E-state index in [9.17, 15) is 4.79 Å². The molecule has 14 heavy (non-hydrogen) atoms. The first-order valence-electron chi connectivity index (χ1n) is 3.79. The van der Waals surface area contributed by atoms with E-state index < -0.39 is 36.9 Å². The van der Waals surface area contributed by atoms with Gasteiger partial charge in [-0.05, 0) is 0 Å². The average Bonchev–Trinajstić information content (AvgIpc) is 2.23. The number of hydrazine groups is 1. The molecule has 8 N–H and O–H groups in total. The first-order chi connectivity index (χ1) is 6.45. The van der Waals surface area contributed by atoms with Crippen molar-refractivity contribution in [2.24, 2.45) is 5.84 Å². The van der Waals surface area contributed by atoms with Crippen LogP contribution in [0.4, 0.5) is 0 Å². The highest BCUT2D eigenvalue weighted by Gasteiger charge is 2.33. The van der Waals surface area contributed by atoms with Crippen molar-refractivity contribution < 1.29 is 30.3 Å². The molecule has 84 valence electrons. The summed E-state index contributed by atoms with van der Waals surface area (Å²) < 4.78 is 0. The van der Waals surface area contributed by atoms with E-state index in [1.54, 1.807) is 5.43 Å². The number of nitrogens with one attached hydrogen (secondary N) is 1. The molecule has 0 radical (unpaired) electrons. The lowest BCUT2D eigenvalue weighted by Crippen LogP contribution is -2.52. The summed E-state index contributed by atoms with van der Waals surface area (Å²) in [6.07, 6.45) is -7.39. The molecule has 0 aromatic carbocycles. The Morgan fingerprint density at radius 3 is 2.07 bits per heavy atom. The molecule has 0 aromatic heterocycles. The topological polar surface area (TPSA) is 156 Å². The number of nitrogens with two attached hydrogens (primary N) is 1. The Bertz CT molecular complexity index is 189. The normalized spacial score (nSPS) is 19.6. The zero-order chi connectivity index (χ0) is 11.3. The van der Waals surface area contributed by atoms with Crippen molar-refractivity contribution in [3.63, 3.8) is 0 Å². The summed E-state index contributed by atoms with van der Waals surface area (Å²) in [4.78, 5) is 10.7. The highest BCUT2D eigenvalue weighted by molar-refractivity contribution is 5.80. The molecule has 8 heteroatoms. The maximum atomic E-state index is 10.7. The van der Waals surface area contributed by atoms with Gasteiger partial charge in [0, 0.05) is 0 Å². The first-order valence-corrected chi connectivity index (χ1v) is 3.79. The van der Waals surface area contributed by atoms with Crippen LogP contribution in [0.5, 0.6) is 0 Å². The molecular formula is C6H14N2O6. The Hall–Kier alpha value is -0.770. The SMILES string of the molecule is NNC(=O)[C@H](O)[C@H](O)[C@H](O)[C@@H](O)CO. The largest absolute Gasteiger partial charge is 0.394 e. The lowest BCUT2D eigenvalue weighted by atomic mass is 10.0. The minimum absolute atomic E-state index is 0.810. The minimum Gasteiger partial charge on any atom is -0.394 e. The Balaban J connectivity index is 4.30. The van der Waals surface area contributed by atoms with Gasteiger partial charge in [0.2, 0.25) is 0 Å². The lowest BCUT2D eigenvalue weighted by molar-refractivity contribution is -0.148. The number of carbonyl (C=O) groups excluding carboxylic acids is 1. The molecule has 0 aliphatic carbocycles. The third-order valence-corrected chi connectivity index (χ3v) is 1.67. The molecule has 4 atom stereocenters. The smallest absolute Gasteiger partial charge is 0.265 e. The highest BCUT2D eigenvalue weighted by atomic mass is 16.4. The van der Waals surface area contributed by atoms with E-state index in [0.29, 0.717) is 0 Å². The maximum Gasteiger partial charge on any atom is 0.265 e. The van der Waals surface area contributed by atoms with Gasteiger partial charge in [-0.3, -0.25) is 10.2 Å². The molecule has 0 aliphatic heterocycles. The summed E-state index contributed by atoms with van der Waals surface area (Å²) in [5.74, 6) is 3.55. The molecule has 0 rings (SSSR count). The molecular weight excluding hydrogens is 196 g/mol. The van der Waals surface area contributed by atoms with Crippen molar-refractivity contribution in [3.8, 4) is 0 Å². The van der Waals surface area contributed by atoms with Crippen LogP contribution in [-0.4, -0.2) is 62.5 Å². The average molecular weight is 210 g/mol. The zero-order valence-electron chi connectivity index (χ0n) is 7.24. The molecule has 0 spiro atoms. The summed E-state index contributed by atoms with van der Waals surface area (Å²) >= 11 is 0. The van der Waals surface area contributed by atoms with Gasteiger partial charge in [-0.15, -0.1) is 0 Å². The standard InChI is InChI=1S/C6H14N2O6/c7-8-6(14)5(13)4(12)3(11)2(10)1-9/h2-5,9-13H,1,7H2,(H,8,14)/t2-,3+,4+,5+/m0/s1. The van der Waals surface area contributed by atoms with Gasteiger partial charge in [0.15, 0.2) is 6.10 Å². The highest BCUT2D eigenvalue weighted by Crippen LogP contribution is 2.04. The maximum absolute atomic E-state index is 10.7. The fourth-order valence-electron chi connectivity index (χ4n) is 0.763. The van der Waals surface area contributed by atoms with E-state index in [1.165, 1.54) is 0 Å². The number of hydrogen-bond donors (Lipinski definition) is 7. The van der Waals surface area contributed by atoms with Crippen LogP contribution in [-0.2, 0) is 4.79 Å². The molecule has 0 unspecified atom stereocenters. The fraction of sp³-hybridized carbons (Fsp3) is 0.833. The second kappa shape index (κ2) is 5.86. The molecule has 0 aromatic rings. The van der Waals surface area contributed by atoms with Crippen LogP contribution in [0.2, 0.25) is 0 Å². The van der Waals surface area contributed by atoms with Crippen LogP contribution < -0.4 is 11.3 Å². The molecule has 8 nitrogen and oxygen atoms in total. The molecule has 0 aliphatic rings. The van der Waals surface area contributed by atoms with Crippen molar-refractivity contribution in [3.05, 3.63) is 0 Å². The summed E-state index contributed by atoms with van der Waals surface area (Å²) in [5, 5.41) is 44.4. The third kappa shape index (κ3) is 3.18. The van der Waals surface area contributed by atoms with Gasteiger partial charge < -0.3 is 25.5 Å². The molecule has 0 heterocycles. The molecule has 0 fully saturated rings. The molecule has 0 saturated heterocycles. The van der Waals surface area contributed by atoms with Gasteiger partial charge in [0.1, 0.15) is 18.3 Å². The number of carbonyl (C=O) groups is 1. The quantitative estimate of drug-likeness (QED) is 0.137. The van der Waals surface area contributed by atoms with E-state index in [-0.39, 0.29) is 0 Å². The van der Waals surface area contributed by atoms with Crippen LogP contribution in [0.1, 0.15) is 0 Å². The van der Waals surface area contributed by atoms with E-state index >= 15 is 0 Å². The van der Waals surface area contributed by atoms with Gasteiger partial charge in [-0.1, -0.05) is 0 Å².